The topological polar surface area (TPSA) is 40.5 Å². The molecule has 0 aliphatic heterocycles. The summed E-state index contributed by atoms with van der Waals surface area (Å²) in [7, 11) is -2.09. The maximum atomic E-state index is 9.39. The fraction of sp³-hybridized carbons (Fsp3) is 1.00. The Morgan fingerprint density at radius 3 is 1.47 bits per heavy atom. The summed E-state index contributed by atoms with van der Waals surface area (Å²) in [6, 6.07) is 0. The van der Waals surface area contributed by atoms with Crippen molar-refractivity contribution in [2.24, 2.45) is 0 Å². The molecule has 2 nitrogen and oxygen atoms in total. The zero-order valence-electron chi connectivity index (χ0n) is 11.6. The molecular formula is C12H29O2PSZn. The third-order valence-electron chi connectivity index (χ3n) is 2.75. The first-order chi connectivity index (χ1) is 7.72. The van der Waals surface area contributed by atoms with Crippen LogP contribution in [0.5, 0.6) is 0 Å². The standard InChI is InChI=1S/C12H29O2PS.Zn/c1-3-5-7-9-11-16(15(13)14)12-10-8-6-4-2;/h13-15H,3-12H2,1-2H3;. The summed E-state index contributed by atoms with van der Waals surface area (Å²) in [6.07, 6.45) is 9.94. The maximum Gasteiger partial charge on any atom is 0.131 e. The molecule has 0 amide bonds. The summed E-state index contributed by atoms with van der Waals surface area (Å²) in [6.45, 7) is 4.41. The van der Waals surface area contributed by atoms with Crippen LogP contribution in [0, 0.1) is 0 Å². The van der Waals surface area contributed by atoms with Crippen molar-refractivity contribution < 1.29 is 29.3 Å². The van der Waals surface area contributed by atoms with Crippen LogP contribution in [-0.2, 0) is 29.6 Å². The SMILES string of the molecule is CCCCCCS(CCCCCC)=[PH](O)O.[Zn]. The van der Waals surface area contributed by atoms with Crippen LogP contribution < -0.4 is 0 Å². The van der Waals surface area contributed by atoms with Gasteiger partial charge in [-0.15, -0.1) is 10.1 Å². The Balaban J connectivity index is 0. The minimum absolute atomic E-state index is 0. The number of unbranched alkanes of at least 4 members (excludes halogenated alkanes) is 6. The van der Waals surface area contributed by atoms with Gasteiger partial charge in [-0.05, 0) is 24.3 Å². The molecule has 17 heavy (non-hydrogen) atoms. The Kier molecular flexibility index (Phi) is 18.7. The monoisotopic (exact) mass is 332 g/mol. The smallest absolute Gasteiger partial charge is 0.131 e. The van der Waals surface area contributed by atoms with Gasteiger partial charge in [0.05, 0.1) is 0 Å². The maximum absolute atomic E-state index is 9.39. The van der Waals surface area contributed by atoms with Crippen LogP contribution in [0.15, 0.2) is 0 Å². The molecule has 0 unspecified atom stereocenters. The predicted octanol–water partition coefficient (Wildman–Crippen LogP) is 3.71. The van der Waals surface area contributed by atoms with Crippen molar-refractivity contribution in [1.82, 2.24) is 0 Å². The van der Waals surface area contributed by atoms with Gasteiger partial charge in [-0.25, -0.2) is 0 Å². The number of hydrogen-bond acceptors (Lipinski definition) is 0. The van der Waals surface area contributed by atoms with E-state index in [4.69, 9.17) is 0 Å². The molecule has 0 bridgehead atoms. The molecule has 5 heteroatoms. The van der Waals surface area contributed by atoms with Gasteiger partial charge >= 0.3 is 0 Å². The second-order valence-electron chi connectivity index (χ2n) is 4.30. The van der Waals surface area contributed by atoms with Gasteiger partial charge in [0.1, 0.15) is 7.15 Å². The first-order valence-corrected chi connectivity index (χ1v) is 10.3. The van der Waals surface area contributed by atoms with E-state index in [0.29, 0.717) is 0 Å². The molecule has 0 aliphatic carbocycles. The molecule has 0 saturated heterocycles. The van der Waals surface area contributed by atoms with E-state index in [1.54, 1.807) is 0 Å². The first kappa shape index (κ1) is 20.6. The van der Waals surface area contributed by atoms with Gasteiger partial charge < -0.3 is 9.79 Å². The van der Waals surface area contributed by atoms with Gasteiger partial charge in [-0.2, -0.15) is 0 Å². The van der Waals surface area contributed by atoms with E-state index in [1.165, 1.54) is 51.4 Å². The van der Waals surface area contributed by atoms with E-state index in [1.807, 2.05) is 0 Å². The third-order valence-corrected chi connectivity index (χ3v) is 7.60. The Bertz CT molecular complexity index is 183. The molecule has 0 aromatic rings. The second-order valence-corrected chi connectivity index (χ2v) is 9.50. The van der Waals surface area contributed by atoms with E-state index in [0.717, 1.165) is 11.5 Å². The summed E-state index contributed by atoms with van der Waals surface area (Å²) >= 11 is 0. The van der Waals surface area contributed by atoms with Crippen molar-refractivity contribution in [2.45, 2.75) is 65.2 Å². The average Bonchev–Trinajstić information content (AvgIpc) is 2.26. The van der Waals surface area contributed by atoms with E-state index in [9.17, 15) is 9.79 Å². The predicted molar refractivity (Wildman–Crippen MR) is 78.1 cm³/mol. The number of rotatable bonds is 10. The Morgan fingerprint density at radius 2 is 1.18 bits per heavy atom. The quantitative estimate of drug-likeness (QED) is 0.363. The molecule has 0 atom stereocenters. The third kappa shape index (κ3) is 13.6. The number of hydrogen-bond donors (Lipinski definition) is 2. The van der Waals surface area contributed by atoms with Crippen LogP contribution in [0.2, 0.25) is 0 Å². The van der Waals surface area contributed by atoms with E-state index in [-0.39, 0.29) is 29.6 Å². The average molecular weight is 334 g/mol. The molecule has 0 aromatic heterocycles. The van der Waals surface area contributed by atoms with Crippen molar-refractivity contribution in [3.8, 4) is 0 Å². The van der Waals surface area contributed by atoms with E-state index >= 15 is 0 Å². The van der Waals surface area contributed by atoms with Gasteiger partial charge in [0, 0.05) is 19.5 Å². The molecule has 0 spiro atoms. The van der Waals surface area contributed by atoms with Crippen LogP contribution in [0.3, 0.4) is 0 Å². The molecule has 2 N–H and O–H groups in total. The van der Waals surface area contributed by atoms with Crippen LogP contribution in [0.4, 0.5) is 0 Å². The molecule has 102 valence electrons. The van der Waals surface area contributed by atoms with E-state index in [2.05, 4.69) is 13.8 Å². The van der Waals surface area contributed by atoms with Crippen molar-refractivity contribution in [3.05, 3.63) is 0 Å². The second kappa shape index (κ2) is 15.4. The van der Waals surface area contributed by atoms with Gasteiger partial charge in [0.15, 0.2) is 0 Å². The van der Waals surface area contributed by atoms with Crippen LogP contribution in [-0.4, -0.2) is 21.3 Å². The molecule has 0 aromatic carbocycles. The fourth-order valence-electron chi connectivity index (χ4n) is 1.69. The van der Waals surface area contributed by atoms with Gasteiger partial charge in [0.25, 0.3) is 0 Å². The summed E-state index contributed by atoms with van der Waals surface area (Å²) in [5, 5.41) is 0. The molecule has 0 rings (SSSR count). The van der Waals surface area contributed by atoms with Crippen molar-refractivity contribution in [3.63, 3.8) is 0 Å². The van der Waals surface area contributed by atoms with Crippen molar-refractivity contribution in [1.29, 1.82) is 0 Å². The first-order valence-electron chi connectivity index (χ1n) is 6.64. The van der Waals surface area contributed by atoms with Crippen molar-refractivity contribution >= 4 is 17.2 Å². The Hall–Kier alpha value is 1.32. The molecule has 0 radical (unpaired) electrons. The van der Waals surface area contributed by atoms with Gasteiger partial charge in [0.2, 0.25) is 0 Å². The molecule has 0 saturated carbocycles. The molecule has 0 heterocycles. The van der Waals surface area contributed by atoms with Gasteiger partial charge in [-0.1, -0.05) is 52.4 Å². The van der Waals surface area contributed by atoms with E-state index < -0.39 is 7.15 Å². The minimum Gasteiger partial charge on any atom is -0.351 e. The minimum atomic E-state index is -2.02. The summed E-state index contributed by atoms with van der Waals surface area (Å²) < 4.78 is 0. The van der Waals surface area contributed by atoms with Crippen LogP contribution in [0.25, 0.3) is 0 Å². The van der Waals surface area contributed by atoms with Crippen molar-refractivity contribution in [2.75, 3.05) is 11.5 Å². The van der Waals surface area contributed by atoms with Gasteiger partial charge in [-0.3, -0.25) is 0 Å². The zero-order chi connectivity index (χ0) is 12.2. The molecule has 0 aliphatic rings. The molecular weight excluding hydrogens is 305 g/mol. The largest absolute Gasteiger partial charge is 0.351 e. The Morgan fingerprint density at radius 1 is 0.765 bits per heavy atom. The molecule has 0 fully saturated rings. The normalized spacial score (nSPS) is 10.9. The summed E-state index contributed by atoms with van der Waals surface area (Å²) in [5.41, 5.74) is 0. The Labute approximate surface area is 123 Å². The fourth-order valence-corrected chi connectivity index (χ4v) is 5.33. The van der Waals surface area contributed by atoms with Crippen LogP contribution >= 0.6 is 7.15 Å². The van der Waals surface area contributed by atoms with Crippen LogP contribution in [0.1, 0.15) is 65.2 Å². The zero-order valence-corrected chi connectivity index (χ0v) is 16.4. The summed E-state index contributed by atoms with van der Waals surface area (Å²) in [5.74, 6) is 2.10. The summed E-state index contributed by atoms with van der Waals surface area (Å²) in [4.78, 5) is 18.8.